The Balaban J connectivity index is 2.14. The number of benzene rings is 1. The number of rotatable bonds is 6. The first-order chi connectivity index (χ1) is 10.1. The van der Waals surface area contributed by atoms with Crippen molar-refractivity contribution in [1.82, 2.24) is 9.80 Å². The van der Waals surface area contributed by atoms with Crippen LogP contribution in [-0.2, 0) is 6.42 Å². The van der Waals surface area contributed by atoms with Crippen molar-refractivity contribution in [2.24, 2.45) is 5.73 Å². The summed E-state index contributed by atoms with van der Waals surface area (Å²) in [4.78, 5) is 5.22. The first kappa shape index (κ1) is 16.5. The van der Waals surface area contributed by atoms with Gasteiger partial charge in [0, 0.05) is 37.8 Å². The van der Waals surface area contributed by atoms with E-state index in [0.29, 0.717) is 6.04 Å². The van der Waals surface area contributed by atoms with Gasteiger partial charge in [-0.3, -0.25) is 9.80 Å². The first-order valence-electron chi connectivity index (χ1n) is 8.38. The van der Waals surface area contributed by atoms with E-state index >= 15 is 0 Å². The zero-order valence-corrected chi connectivity index (χ0v) is 13.9. The van der Waals surface area contributed by atoms with Gasteiger partial charge in [0.05, 0.1) is 0 Å². The fraction of sp³-hybridized carbons (Fsp3) is 0.667. The van der Waals surface area contributed by atoms with Crippen molar-refractivity contribution < 1.29 is 0 Å². The molecule has 1 heterocycles. The van der Waals surface area contributed by atoms with E-state index in [1.165, 1.54) is 5.56 Å². The Morgan fingerprint density at radius 2 is 1.90 bits per heavy atom. The van der Waals surface area contributed by atoms with Gasteiger partial charge in [0.25, 0.3) is 0 Å². The fourth-order valence-corrected chi connectivity index (χ4v) is 3.68. The minimum Gasteiger partial charge on any atom is -0.329 e. The molecule has 21 heavy (non-hydrogen) atoms. The number of hydrogen-bond donors (Lipinski definition) is 1. The van der Waals surface area contributed by atoms with Crippen LogP contribution in [0.4, 0.5) is 0 Å². The second-order valence-corrected chi connectivity index (χ2v) is 6.37. The molecular formula is C18H31N3. The SMILES string of the molecule is CCN1CCN(C(CC)(CN)Cc2ccccc2)CC1C. The van der Waals surface area contributed by atoms with E-state index in [-0.39, 0.29) is 5.54 Å². The van der Waals surface area contributed by atoms with Gasteiger partial charge in [-0.25, -0.2) is 0 Å². The highest BCUT2D eigenvalue weighted by atomic mass is 15.3. The fourth-order valence-electron chi connectivity index (χ4n) is 3.68. The Morgan fingerprint density at radius 3 is 2.43 bits per heavy atom. The van der Waals surface area contributed by atoms with Crippen molar-refractivity contribution in [1.29, 1.82) is 0 Å². The molecule has 2 N–H and O–H groups in total. The normalized spacial score (nSPS) is 23.9. The van der Waals surface area contributed by atoms with Gasteiger partial charge >= 0.3 is 0 Å². The third-order valence-corrected chi connectivity index (χ3v) is 5.26. The van der Waals surface area contributed by atoms with E-state index in [2.05, 4.69) is 60.9 Å². The lowest BCUT2D eigenvalue weighted by Crippen LogP contribution is -2.63. The first-order valence-corrected chi connectivity index (χ1v) is 8.38. The van der Waals surface area contributed by atoms with E-state index in [0.717, 1.165) is 45.6 Å². The van der Waals surface area contributed by atoms with Gasteiger partial charge in [-0.1, -0.05) is 44.2 Å². The molecule has 0 radical (unpaired) electrons. The average molecular weight is 289 g/mol. The maximum absolute atomic E-state index is 6.25. The lowest BCUT2D eigenvalue weighted by molar-refractivity contribution is 0.00764. The van der Waals surface area contributed by atoms with Crippen LogP contribution < -0.4 is 5.73 Å². The highest BCUT2D eigenvalue weighted by Gasteiger charge is 2.37. The molecule has 0 amide bonds. The van der Waals surface area contributed by atoms with E-state index in [9.17, 15) is 0 Å². The van der Waals surface area contributed by atoms with E-state index in [1.54, 1.807) is 0 Å². The Labute approximate surface area is 130 Å². The minimum absolute atomic E-state index is 0.107. The van der Waals surface area contributed by atoms with Crippen molar-refractivity contribution in [3.63, 3.8) is 0 Å². The smallest absolute Gasteiger partial charge is 0.0370 e. The van der Waals surface area contributed by atoms with Crippen LogP contribution in [0.1, 0.15) is 32.8 Å². The molecule has 0 aliphatic carbocycles. The lowest BCUT2D eigenvalue weighted by atomic mass is 9.85. The van der Waals surface area contributed by atoms with Crippen molar-refractivity contribution in [2.45, 2.75) is 45.2 Å². The molecule has 1 saturated heterocycles. The van der Waals surface area contributed by atoms with Gasteiger partial charge in [-0.15, -0.1) is 0 Å². The molecule has 2 unspecified atom stereocenters. The number of hydrogen-bond acceptors (Lipinski definition) is 3. The van der Waals surface area contributed by atoms with Crippen LogP contribution in [0.3, 0.4) is 0 Å². The second kappa shape index (κ2) is 7.39. The molecule has 118 valence electrons. The highest BCUT2D eigenvalue weighted by Crippen LogP contribution is 2.27. The molecule has 1 aromatic rings. The zero-order chi connectivity index (χ0) is 15.3. The Bertz CT molecular complexity index is 414. The summed E-state index contributed by atoms with van der Waals surface area (Å²) in [5.74, 6) is 0. The monoisotopic (exact) mass is 289 g/mol. The van der Waals surface area contributed by atoms with Gasteiger partial charge in [0.2, 0.25) is 0 Å². The van der Waals surface area contributed by atoms with Crippen LogP contribution in [-0.4, -0.2) is 54.1 Å². The van der Waals surface area contributed by atoms with Crippen LogP contribution in [0, 0.1) is 0 Å². The number of piperazine rings is 1. The Morgan fingerprint density at radius 1 is 1.19 bits per heavy atom. The second-order valence-electron chi connectivity index (χ2n) is 6.37. The summed E-state index contributed by atoms with van der Waals surface area (Å²) in [6.07, 6.45) is 2.16. The Kier molecular flexibility index (Phi) is 5.80. The summed E-state index contributed by atoms with van der Waals surface area (Å²) in [6.45, 7) is 12.2. The summed E-state index contributed by atoms with van der Waals surface area (Å²) in [5, 5.41) is 0. The van der Waals surface area contributed by atoms with Crippen molar-refractivity contribution in [3.05, 3.63) is 35.9 Å². The van der Waals surface area contributed by atoms with Crippen LogP contribution in [0.15, 0.2) is 30.3 Å². The third kappa shape index (κ3) is 3.65. The Hall–Kier alpha value is -0.900. The largest absolute Gasteiger partial charge is 0.329 e. The molecule has 2 atom stereocenters. The molecule has 3 nitrogen and oxygen atoms in total. The van der Waals surface area contributed by atoms with Gasteiger partial charge in [0.15, 0.2) is 0 Å². The molecule has 2 rings (SSSR count). The van der Waals surface area contributed by atoms with Gasteiger partial charge in [-0.05, 0) is 31.9 Å². The van der Waals surface area contributed by atoms with Gasteiger partial charge < -0.3 is 5.73 Å². The summed E-state index contributed by atoms with van der Waals surface area (Å²) in [7, 11) is 0. The maximum Gasteiger partial charge on any atom is 0.0370 e. The number of likely N-dealkylation sites (N-methyl/N-ethyl adjacent to an activating group) is 1. The minimum atomic E-state index is 0.107. The molecule has 1 aromatic carbocycles. The average Bonchev–Trinajstić information content (AvgIpc) is 2.53. The molecule has 1 fully saturated rings. The van der Waals surface area contributed by atoms with Crippen LogP contribution in [0.5, 0.6) is 0 Å². The number of nitrogens with zero attached hydrogens (tertiary/aromatic N) is 2. The lowest BCUT2D eigenvalue weighted by Gasteiger charge is -2.49. The predicted molar refractivity (Wildman–Crippen MR) is 90.5 cm³/mol. The molecular weight excluding hydrogens is 258 g/mol. The van der Waals surface area contributed by atoms with Crippen molar-refractivity contribution in [3.8, 4) is 0 Å². The van der Waals surface area contributed by atoms with Crippen LogP contribution in [0.2, 0.25) is 0 Å². The maximum atomic E-state index is 6.25. The topological polar surface area (TPSA) is 32.5 Å². The van der Waals surface area contributed by atoms with E-state index in [4.69, 9.17) is 5.73 Å². The predicted octanol–water partition coefficient (Wildman–Crippen LogP) is 2.36. The number of nitrogens with two attached hydrogens (primary N) is 1. The summed E-state index contributed by atoms with van der Waals surface area (Å²) >= 11 is 0. The van der Waals surface area contributed by atoms with E-state index in [1.807, 2.05) is 0 Å². The molecule has 3 heteroatoms. The van der Waals surface area contributed by atoms with Gasteiger partial charge in [0.1, 0.15) is 0 Å². The molecule has 1 aliphatic rings. The summed E-state index contributed by atoms with van der Waals surface area (Å²) in [5.41, 5.74) is 7.76. The quantitative estimate of drug-likeness (QED) is 0.872. The molecule has 0 saturated carbocycles. The van der Waals surface area contributed by atoms with Crippen LogP contribution in [0.25, 0.3) is 0 Å². The molecule has 0 aromatic heterocycles. The summed E-state index contributed by atoms with van der Waals surface area (Å²) in [6, 6.07) is 11.4. The third-order valence-electron chi connectivity index (χ3n) is 5.26. The molecule has 1 aliphatic heterocycles. The molecule has 0 spiro atoms. The van der Waals surface area contributed by atoms with Crippen molar-refractivity contribution in [2.75, 3.05) is 32.7 Å². The highest BCUT2D eigenvalue weighted by molar-refractivity contribution is 5.18. The standard InChI is InChI=1S/C18H31N3/c1-4-18(15-19,13-17-9-7-6-8-10-17)21-12-11-20(5-2)16(3)14-21/h6-10,16H,4-5,11-15,19H2,1-3H3. The van der Waals surface area contributed by atoms with Crippen molar-refractivity contribution >= 4 is 0 Å². The van der Waals surface area contributed by atoms with Gasteiger partial charge in [-0.2, -0.15) is 0 Å². The van der Waals surface area contributed by atoms with Crippen LogP contribution >= 0.6 is 0 Å². The van der Waals surface area contributed by atoms with E-state index < -0.39 is 0 Å². The summed E-state index contributed by atoms with van der Waals surface area (Å²) < 4.78 is 0. The zero-order valence-electron chi connectivity index (χ0n) is 13.9. The molecule has 0 bridgehead atoms.